The van der Waals surface area contributed by atoms with Crippen LogP contribution in [0.15, 0.2) is 24.3 Å². The lowest BCUT2D eigenvalue weighted by Gasteiger charge is -2.20. The summed E-state index contributed by atoms with van der Waals surface area (Å²) in [5, 5.41) is -0.828. The van der Waals surface area contributed by atoms with Gasteiger partial charge in [-0.2, -0.15) is 0 Å². The number of sulfone groups is 1. The second-order valence-electron chi connectivity index (χ2n) is 4.65. The van der Waals surface area contributed by atoms with Crippen molar-refractivity contribution >= 4 is 21.4 Å². The SMILES string of the molecule is O=S1(=O)CCC(C(Cl)c2ccccc2OC(F)(F)F)C1. The van der Waals surface area contributed by atoms with Crippen molar-refractivity contribution < 1.29 is 26.3 Å². The van der Waals surface area contributed by atoms with Crippen LogP contribution in [-0.4, -0.2) is 26.3 Å². The van der Waals surface area contributed by atoms with E-state index in [0.29, 0.717) is 6.42 Å². The molecule has 1 aromatic carbocycles. The zero-order valence-electron chi connectivity index (χ0n) is 10.2. The highest BCUT2D eigenvalue weighted by molar-refractivity contribution is 7.91. The van der Waals surface area contributed by atoms with E-state index in [1.54, 1.807) is 0 Å². The predicted octanol–water partition coefficient (Wildman–Crippen LogP) is 3.30. The largest absolute Gasteiger partial charge is 0.573 e. The normalized spacial score (nSPS) is 23.5. The molecule has 20 heavy (non-hydrogen) atoms. The lowest BCUT2D eigenvalue weighted by atomic mass is 9.97. The second-order valence-corrected chi connectivity index (χ2v) is 7.35. The predicted molar refractivity (Wildman–Crippen MR) is 68.5 cm³/mol. The smallest absolute Gasteiger partial charge is 0.405 e. The fourth-order valence-electron chi connectivity index (χ4n) is 2.23. The monoisotopic (exact) mass is 328 g/mol. The van der Waals surface area contributed by atoms with Gasteiger partial charge < -0.3 is 4.74 Å². The lowest BCUT2D eigenvalue weighted by molar-refractivity contribution is -0.274. The molecule has 0 amide bonds. The molecule has 0 aliphatic carbocycles. The Morgan fingerprint density at radius 2 is 1.95 bits per heavy atom. The number of halogens is 4. The minimum Gasteiger partial charge on any atom is -0.405 e. The maximum absolute atomic E-state index is 12.3. The summed E-state index contributed by atoms with van der Waals surface area (Å²) in [5.41, 5.74) is 0.161. The summed E-state index contributed by atoms with van der Waals surface area (Å²) in [6.45, 7) is 0. The Hall–Kier alpha value is -0.950. The van der Waals surface area contributed by atoms with Gasteiger partial charge in [0, 0.05) is 5.56 Å². The molecule has 0 bridgehead atoms. The lowest BCUT2D eigenvalue weighted by Crippen LogP contribution is -2.19. The van der Waals surface area contributed by atoms with Gasteiger partial charge in [-0.15, -0.1) is 24.8 Å². The van der Waals surface area contributed by atoms with Crippen LogP contribution in [0.4, 0.5) is 13.2 Å². The van der Waals surface area contributed by atoms with Gasteiger partial charge in [0.2, 0.25) is 0 Å². The van der Waals surface area contributed by atoms with Crippen molar-refractivity contribution in [1.82, 2.24) is 0 Å². The Labute approximate surface area is 119 Å². The second kappa shape index (κ2) is 5.44. The Balaban J connectivity index is 2.24. The first kappa shape index (κ1) is 15.4. The molecule has 0 radical (unpaired) electrons. The molecule has 2 unspecified atom stereocenters. The molecule has 1 fully saturated rings. The third-order valence-electron chi connectivity index (χ3n) is 3.12. The van der Waals surface area contributed by atoms with E-state index >= 15 is 0 Å². The van der Waals surface area contributed by atoms with E-state index in [-0.39, 0.29) is 22.8 Å². The molecule has 0 spiro atoms. The Morgan fingerprint density at radius 3 is 2.50 bits per heavy atom. The van der Waals surface area contributed by atoms with Crippen molar-refractivity contribution in [1.29, 1.82) is 0 Å². The fourth-order valence-corrected chi connectivity index (χ4v) is 4.58. The summed E-state index contributed by atoms with van der Waals surface area (Å²) < 4.78 is 63.7. The maximum Gasteiger partial charge on any atom is 0.573 e. The highest BCUT2D eigenvalue weighted by Crippen LogP contribution is 2.41. The van der Waals surface area contributed by atoms with Crippen molar-refractivity contribution in [3.8, 4) is 5.75 Å². The topological polar surface area (TPSA) is 43.4 Å². The number of hydrogen-bond donors (Lipinski definition) is 0. The van der Waals surface area contributed by atoms with Gasteiger partial charge >= 0.3 is 6.36 Å². The molecule has 2 rings (SSSR count). The summed E-state index contributed by atoms with van der Waals surface area (Å²) in [5.74, 6) is -0.881. The minimum atomic E-state index is -4.81. The van der Waals surface area contributed by atoms with Gasteiger partial charge in [0.1, 0.15) is 5.75 Å². The molecule has 2 atom stereocenters. The molecular formula is C12H12ClF3O3S. The maximum atomic E-state index is 12.3. The van der Waals surface area contributed by atoms with Crippen molar-refractivity contribution in [3.05, 3.63) is 29.8 Å². The summed E-state index contributed by atoms with van der Waals surface area (Å²) in [7, 11) is -3.14. The van der Waals surface area contributed by atoms with Crippen LogP contribution in [-0.2, 0) is 9.84 Å². The highest BCUT2D eigenvalue weighted by atomic mass is 35.5. The molecule has 8 heteroatoms. The number of benzene rings is 1. The summed E-state index contributed by atoms with van der Waals surface area (Å²) >= 11 is 6.16. The molecule has 0 saturated carbocycles. The molecule has 112 valence electrons. The van der Waals surface area contributed by atoms with Crippen LogP contribution in [0.25, 0.3) is 0 Å². The molecule has 1 saturated heterocycles. The van der Waals surface area contributed by atoms with E-state index < -0.39 is 27.5 Å². The van der Waals surface area contributed by atoms with Crippen LogP contribution in [0.5, 0.6) is 5.75 Å². The number of alkyl halides is 4. The third kappa shape index (κ3) is 3.79. The molecule has 0 aromatic heterocycles. The number of ether oxygens (including phenoxy) is 1. The first-order valence-electron chi connectivity index (χ1n) is 5.87. The van der Waals surface area contributed by atoms with E-state index in [4.69, 9.17) is 11.6 Å². The van der Waals surface area contributed by atoms with Gasteiger partial charge in [-0.3, -0.25) is 0 Å². The van der Waals surface area contributed by atoms with Crippen molar-refractivity contribution in [3.63, 3.8) is 0 Å². The molecule has 1 aliphatic heterocycles. The van der Waals surface area contributed by atoms with Crippen LogP contribution in [0, 0.1) is 5.92 Å². The molecule has 1 aromatic rings. The van der Waals surface area contributed by atoms with Crippen LogP contribution in [0.2, 0.25) is 0 Å². The fraction of sp³-hybridized carbons (Fsp3) is 0.500. The molecule has 3 nitrogen and oxygen atoms in total. The number of para-hydroxylation sites is 1. The van der Waals surface area contributed by atoms with E-state index in [2.05, 4.69) is 4.74 Å². The van der Waals surface area contributed by atoms with E-state index in [1.807, 2.05) is 0 Å². The zero-order valence-corrected chi connectivity index (χ0v) is 11.8. The van der Waals surface area contributed by atoms with E-state index in [0.717, 1.165) is 0 Å². The quantitative estimate of drug-likeness (QED) is 0.800. The third-order valence-corrected chi connectivity index (χ3v) is 5.51. The summed E-state index contributed by atoms with van der Waals surface area (Å²) in [4.78, 5) is 0. The first-order valence-corrected chi connectivity index (χ1v) is 8.13. The Kier molecular flexibility index (Phi) is 4.20. The minimum absolute atomic E-state index is 0.0170. The molecule has 1 aliphatic rings. The van der Waals surface area contributed by atoms with Gasteiger partial charge in [-0.1, -0.05) is 18.2 Å². The molecular weight excluding hydrogens is 317 g/mol. The standard InChI is InChI=1S/C12H12ClF3O3S/c13-11(8-5-6-20(17,18)7-8)9-3-1-2-4-10(9)19-12(14,15)16/h1-4,8,11H,5-7H2. The summed E-state index contributed by atoms with van der Waals surface area (Å²) in [6, 6.07) is 5.53. The zero-order chi connectivity index (χ0) is 15.0. The van der Waals surface area contributed by atoms with Crippen molar-refractivity contribution in [2.75, 3.05) is 11.5 Å². The average Bonchev–Trinajstić information content (AvgIpc) is 2.67. The Bertz CT molecular complexity index is 586. The van der Waals surface area contributed by atoms with Gasteiger partial charge in [0.25, 0.3) is 0 Å². The van der Waals surface area contributed by atoms with Gasteiger partial charge in [0.05, 0.1) is 16.9 Å². The van der Waals surface area contributed by atoms with Crippen molar-refractivity contribution in [2.24, 2.45) is 5.92 Å². The molecule has 1 heterocycles. The van der Waals surface area contributed by atoms with Gasteiger partial charge in [-0.05, 0) is 18.4 Å². The van der Waals surface area contributed by atoms with Crippen LogP contribution >= 0.6 is 11.6 Å². The van der Waals surface area contributed by atoms with Crippen LogP contribution in [0.3, 0.4) is 0 Å². The number of rotatable bonds is 3. The average molecular weight is 329 g/mol. The van der Waals surface area contributed by atoms with Crippen LogP contribution in [0.1, 0.15) is 17.4 Å². The van der Waals surface area contributed by atoms with Crippen molar-refractivity contribution in [2.45, 2.75) is 18.2 Å². The summed E-state index contributed by atoms with van der Waals surface area (Å²) in [6.07, 6.45) is -4.47. The van der Waals surface area contributed by atoms with Gasteiger partial charge in [-0.25, -0.2) is 8.42 Å². The molecule has 0 N–H and O–H groups in total. The first-order chi connectivity index (χ1) is 9.18. The van der Waals surface area contributed by atoms with Gasteiger partial charge in [0.15, 0.2) is 9.84 Å². The highest BCUT2D eigenvalue weighted by Gasteiger charge is 2.37. The Morgan fingerprint density at radius 1 is 1.30 bits per heavy atom. The van der Waals surface area contributed by atoms with Crippen LogP contribution < -0.4 is 4.74 Å². The number of hydrogen-bond acceptors (Lipinski definition) is 3. The van der Waals surface area contributed by atoms with E-state index in [9.17, 15) is 21.6 Å². The van der Waals surface area contributed by atoms with E-state index in [1.165, 1.54) is 24.3 Å².